The second-order valence-electron chi connectivity index (χ2n) is 6.13. The number of nitrogens with zero attached hydrogens (tertiary/aromatic N) is 4. The molecule has 0 fully saturated rings. The molecular weight excluding hydrogens is 347 g/mol. The van der Waals surface area contributed by atoms with Crippen LogP contribution in [0.1, 0.15) is 17.0 Å². The smallest absolute Gasteiger partial charge is 0.224 e. The summed E-state index contributed by atoms with van der Waals surface area (Å²) in [4.78, 5) is 24.6. The number of hydrogen-bond acceptors (Lipinski definition) is 5. The van der Waals surface area contributed by atoms with Gasteiger partial charge in [-0.3, -0.25) is 9.36 Å². The molecule has 2 aromatic heterocycles. The van der Waals surface area contributed by atoms with Gasteiger partial charge in [-0.05, 0) is 31.5 Å². The SMILES string of the molecule is Cc1ncn(-c2cc(NCCNC(=O)Cc3ccc(F)cc3)ncn2)c1C. The van der Waals surface area contributed by atoms with Crippen molar-refractivity contribution in [3.8, 4) is 5.82 Å². The van der Waals surface area contributed by atoms with Crippen LogP contribution >= 0.6 is 0 Å². The van der Waals surface area contributed by atoms with Gasteiger partial charge < -0.3 is 10.6 Å². The topological polar surface area (TPSA) is 84.7 Å². The van der Waals surface area contributed by atoms with E-state index in [0.717, 1.165) is 22.8 Å². The predicted octanol–water partition coefficient (Wildman–Crippen LogP) is 2.19. The molecule has 27 heavy (non-hydrogen) atoms. The van der Waals surface area contributed by atoms with Crippen molar-refractivity contribution in [1.82, 2.24) is 24.8 Å². The van der Waals surface area contributed by atoms with Crippen molar-refractivity contribution in [3.63, 3.8) is 0 Å². The fourth-order valence-corrected chi connectivity index (χ4v) is 2.55. The number of anilines is 1. The molecule has 0 atom stereocenters. The first kappa shape index (κ1) is 18.5. The summed E-state index contributed by atoms with van der Waals surface area (Å²) in [5.74, 6) is 0.967. The Morgan fingerprint density at radius 2 is 1.89 bits per heavy atom. The van der Waals surface area contributed by atoms with E-state index in [9.17, 15) is 9.18 Å². The summed E-state index contributed by atoms with van der Waals surface area (Å²) in [6, 6.07) is 7.74. The number of amides is 1. The molecular formula is C19H21FN6O. The Hall–Kier alpha value is -3.29. The average Bonchev–Trinajstić information content (AvgIpc) is 3.00. The monoisotopic (exact) mass is 368 g/mol. The molecule has 2 heterocycles. The first-order valence-corrected chi connectivity index (χ1v) is 8.61. The highest BCUT2D eigenvalue weighted by Gasteiger charge is 2.07. The van der Waals surface area contributed by atoms with Crippen LogP contribution in [0, 0.1) is 19.7 Å². The van der Waals surface area contributed by atoms with Crippen LogP contribution in [0.2, 0.25) is 0 Å². The van der Waals surface area contributed by atoms with Gasteiger partial charge in [-0.2, -0.15) is 0 Å². The number of carbonyl (C=O) groups is 1. The lowest BCUT2D eigenvalue weighted by atomic mass is 10.1. The van der Waals surface area contributed by atoms with Crippen LogP contribution in [0.25, 0.3) is 5.82 Å². The lowest BCUT2D eigenvalue weighted by molar-refractivity contribution is -0.120. The average molecular weight is 368 g/mol. The molecule has 140 valence electrons. The van der Waals surface area contributed by atoms with Crippen molar-refractivity contribution in [2.24, 2.45) is 0 Å². The highest BCUT2D eigenvalue weighted by atomic mass is 19.1. The van der Waals surface area contributed by atoms with Gasteiger partial charge >= 0.3 is 0 Å². The number of aryl methyl sites for hydroxylation is 1. The minimum absolute atomic E-state index is 0.115. The van der Waals surface area contributed by atoms with E-state index in [1.165, 1.54) is 18.5 Å². The van der Waals surface area contributed by atoms with E-state index in [0.29, 0.717) is 18.9 Å². The molecule has 3 rings (SSSR count). The van der Waals surface area contributed by atoms with Gasteiger partial charge in [-0.1, -0.05) is 12.1 Å². The minimum atomic E-state index is -0.311. The molecule has 1 amide bonds. The molecule has 0 saturated carbocycles. The van der Waals surface area contributed by atoms with Crippen molar-refractivity contribution in [2.75, 3.05) is 18.4 Å². The summed E-state index contributed by atoms with van der Waals surface area (Å²) < 4.78 is 14.8. The molecule has 1 aromatic carbocycles. The molecule has 8 heteroatoms. The predicted molar refractivity (Wildman–Crippen MR) is 100 cm³/mol. The van der Waals surface area contributed by atoms with Crippen molar-refractivity contribution in [1.29, 1.82) is 0 Å². The van der Waals surface area contributed by atoms with Crippen LogP contribution in [0.3, 0.4) is 0 Å². The summed E-state index contributed by atoms with van der Waals surface area (Å²) in [5.41, 5.74) is 2.74. The molecule has 0 unspecified atom stereocenters. The van der Waals surface area contributed by atoms with Crippen LogP contribution < -0.4 is 10.6 Å². The second kappa shape index (κ2) is 8.39. The Bertz CT molecular complexity index is 922. The minimum Gasteiger partial charge on any atom is -0.368 e. The molecule has 0 radical (unpaired) electrons. The van der Waals surface area contributed by atoms with E-state index in [4.69, 9.17) is 0 Å². The zero-order valence-corrected chi connectivity index (χ0v) is 15.2. The molecule has 0 bridgehead atoms. The highest BCUT2D eigenvalue weighted by Crippen LogP contribution is 2.13. The summed E-state index contributed by atoms with van der Waals surface area (Å²) in [6.07, 6.45) is 3.43. The van der Waals surface area contributed by atoms with E-state index in [2.05, 4.69) is 25.6 Å². The number of benzene rings is 1. The first-order chi connectivity index (χ1) is 13.0. The van der Waals surface area contributed by atoms with Crippen molar-refractivity contribution < 1.29 is 9.18 Å². The van der Waals surface area contributed by atoms with Gasteiger partial charge in [0.2, 0.25) is 5.91 Å². The summed E-state index contributed by atoms with van der Waals surface area (Å²) in [7, 11) is 0. The Balaban J connectivity index is 1.48. The fraction of sp³-hybridized carbons (Fsp3) is 0.263. The summed E-state index contributed by atoms with van der Waals surface area (Å²) in [6.45, 7) is 4.89. The zero-order valence-electron chi connectivity index (χ0n) is 15.2. The second-order valence-corrected chi connectivity index (χ2v) is 6.13. The molecule has 2 N–H and O–H groups in total. The third-order valence-corrected chi connectivity index (χ3v) is 4.18. The third-order valence-electron chi connectivity index (χ3n) is 4.18. The Morgan fingerprint density at radius 3 is 2.59 bits per heavy atom. The number of rotatable bonds is 7. The lowest BCUT2D eigenvalue weighted by Crippen LogP contribution is -2.30. The third kappa shape index (κ3) is 4.87. The Kier molecular flexibility index (Phi) is 5.75. The maximum Gasteiger partial charge on any atom is 0.224 e. The van der Waals surface area contributed by atoms with Gasteiger partial charge in [-0.25, -0.2) is 19.3 Å². The van der Waals surface area contributed by atoms with E-state index in [1.807, 2.05) is 24.5 Å². The van der Waals surface area contributed by atoms with Crippen LogP contribution in [0.15, 0.2) is 43.0 Å². The molecule has 0 aliphatic rings. The largest absolute Gasteiger partial charge is 0.368 e. The van der Waals surface area contributed by atoms with Gasteiger partial charge in [0.1, 0.15) is 30.1 Å². The van der Waals surface area contributed by atoms with Gasteiger partial charge in [0.25, 0.3) is 0 Å². The first-order valence-electron chi connectivity index (χ1n) is 8.61. The number of halogens is 1. The number of imidazole rings is 1. The van der Waals surface area contributed by atoms with E-state index in [1.54, 1.807) is 18.5 Å². The normalized spacial score (nSPS) is 10.6. The van der Waals surface area contributed by atoms with E-state index in [-0.39, 0.29) is 18.1 Å². The van der Waals surface area contributed by atoms with Gasteiger partial charge in [0, 0.05) is 24.8 Å². The molecule has 7 nitrogen and oxygen atoms in total. The van der Waals surface area contributed by atoms with Gasteiger partial charge in [0.05, 0.1) is 12.1 Å². The Labute approximate surface area is 156 Å². The summed E-state index contributed by atoms with van der Waals surface area (Å²) >= 11 is 0. The number of hydrogen-bond donors (Lipinski definition) is 2. The molecule has 0 saturated heterocycles. The number of nitrogens with one attached hydrogen (secondary N) is 2. The molecule has 3 aromatic rings. The number of aromatic nitrogens is 4. The lowest BCUT2D eigenvalue weighted by Gasteiger charge is -2.09. The van der Waals surface area contributed by atoms with Crippen LogP contribution in [-0.4, -0.2) is 38.5 Å². The van der Waals surface area contributed by atoms with Crippen molar-refractivity contribution in [3.05, 3.63) is 65.8 Å². The molecule has 0 aliphatic carbocycles. The highest BCUT2D eigenvalue weighted by molar-refractivity contribution is 5.78. The van der Waals surface area contributed by atoms with E-state index >= 15 is 0 Å². The van der Waals surface area contributed by atoms with Crippen molar-refractivity contribution >= 4 is 11.7 Å². The van der Waals surface area contributed by atoms with Gasteiger partial charge in [0.15, 0.2) is 0 Å². The fourth-order valence-electron chi connectivity index (χ4n) is 2.55. The standard InChI is InChI=1S/C19H21FN6O/c1-13-14(2)26(12-25-13)18-10-17(23-11-24-18)21-7-8-22-19(27)9-15-3-5-16(20)6-4-15/h3-6,10-12H,7-9H2,1-2H3,(H,22,27)(H,21,23,24). The van der Waals surface area contributed by atoms with Crippen LogP contribution in [-0.2, 0) is 11.2 Å². The van der Waals surface area contributed by atoms with E-state index < -0.39 is 0 Å². The van der Waals surface area contributed by atoms with Crippen molar-refractivity contribution in [2.45, 2.75) is 20.3 Å². The maximum atomic E-state index is 12.9. The quantitative estimate of drug-likeness (QED) is 0.625. The molecule has 0 spiro atoms. The summed E-state index contributed by atoms with van der Waals surface area (Å²) in [5, 5.41) is 5.98. The van der Waals surface area contributed by atoms with Gasteiger partial charge in [-0.15, -0.1) is 0 Å². The van der Waals surface area contributed by atoms with Crippen LogP contribution in [0.4, 0.5) is 10.2 Å². The molecule has 0 aliphatic heterocycles. The number of carbonyl (C=O) groups excluding carboxylic acids is 1. The zero-order chi connectivity index (χ0) is 19.2. The Morgan fingerprint density at radius 1 is 1.11 bits per heavy atom. The van der Waals surface area contributed by atoms with Crippen LogP contribution in [0.5, 0.6) is 0 Å². The maximum absolute atomic E-state index is 12.9.